The van der Waals surface area contributed by atoms with Crippen LogP contribution in [0, 0.1) is 0 Å². The smallest absolute Gasteiger partial charge is 0.293 e. The van der Waals surface area contributed by atoms with Gasteiger partial charge in [0.15, 0.2) is 11.6 Å². The fourth-order valence-electron chi connectivity index (χ4n) is 1.10. The molecule has 2 aromatic rings. The lowest BCUT2D eigenvalue weighted by atomic mass is 10.3. The molecule has 2 rings (SSSR count). The third-order valence-corrected chi connectivity index (χ3v) is 1.68. The van der Waals surface area contributed by atoms with Crippen LogP contribution in [0.3, 0.4) is 0 Å². The van der Waals surface area contributed by atoms with Gasteiger partial charge < -0.3 is 14.0 Å². The molecule has 1 atom stereocenters. The molecule has 0 aromatic carbocycles. The van der Waals surface area contributed by atoms with Gasteiger partial charge in [-0.2, -0.15) is 4.98 Å². The zero-order chi connectivity index (χ0) is 9.97. The molecule has 0 spiro atoms. The van der Waals surface area contributed by atoms with Gasteiger partial charge in [0.25, 0.3) is 5.89 Å². The summed E-state index contributed by atoms with van der Waals surface area (Å²) in [7, 11) is 0. The van der Waals surface area contributed by atoms with Gasteiger partial charge in [0, 0.05) is 6.42 Å². The van der Waals surface area contributed by atoms with E-state index in [1.54, 1.807) is 19.1 Å². The van der Waals surface area contributed by atoms with Crippen molar-refractivity contribution in [1.29, 1.82) is 0 Å². The van der Waals surface area contributed by atoms with Crippen LogP contribution < -0.4 is 0 Å². The Morgan fingerprint density at radius 2 is 2.43 bits per heavy atom. The summed E-state index contributed by atoms with van der Waals surface area (Å²) in [6.07, 6.45) is 1.44. The monoisotopic (exact) mass is 194 g/mol. The number of hydrogen-bond donors (Lipinski definition) is 1. The Morgan fingerprint density at radius 1 is 1.57 bits per heavy atom. The highest BCUT2D eigenvalue weighted by molar-refractivity contribution is 5.42. The van der Waals surface area contributed by atoms with E-state index < -0.39 is 6.10 Å². The van der Waals surface area contributed by atoms with Gasteiger partial charge in [0.05, 0.1) is 12.4 Å². The maximum absolute atomic E-state index is 9.10. The highest BCUT2D eigenvalue weighted by Crippen LogP contribution is 2.17. The first-order valence-corrected chi connectivity index (χ1v) is 4.30. The summed E-state index contributed by atoms with van der Waals surface area (Å²) >= 11 is 0. The molecule has 0 aliphatic carbocycles. The molecule has 0 fully saturated rings. The average molecular weight is 194 g/mol. The minimum atomic E-state index is -0.475. The first-order valence-electron chi connectivity index (χ1n) is 4.30. The molecule has 0 radical (unpaired) electrons. The lowest BCUT2D eigenvalue weighted by Crippen LogP contribution is -2.05. The van der Waals surface area contributed by atoms with E-state index >= 15 is 0 Å². The molecule has 5 heteroatoms. The van der Waals surface area contributed by atoms with Crippen molar-refractivity contribution in [2.24, 2.45) is 0 Å². The van der Waals surface area contributed by atoms with Gasteiger partial charge in [-0.1, -0.05) is 5.16 Å². The van der Waals surface area contributed by atoms with Crippen LogP contribution in [-0.2, 0) is 6.42 Å². The summed E-state index contributed by atoms with van der Waals surface area (Å²) in [6.45, 7) is 1.67. The molecule has 2 heterocycles. The van der Waals surface area contributed by atoms with Crippen molar-refractivity contribution in [3.8, 4) is 11.7 Å². The fraction of sp³-hybridized carbons (Fsp3) is 0.333. The highest BCUT2D eigenvalue weighted by atomic mass is 16.5. The lowest BCUT2D eigenvalue weighted by Gasteiger charge is -1.95. The summed E-state index contributed by atoms with van der Waals surface area (Å²) in [4.78, 5) is 4.06. The van der Waals surface area contributed by atoms with E-state index in [2.05, 4.69) is 10.1 Å². The molecular weight excluding hydrogens is 184 g/mol. The molecule has 0 amide bonds. The minimum absolute atomic E-state index is 0.339. The number of rotatable bonds is 3. The van der Waals surface area contributed by atoms with E-state index in [4.69, 9.17) is 14.0 Å². The molecule has 0 saturated carbocycles. The molecule has 14 heavy (non-hydrogen) atoms. The van der Waals surface area contributed by atoms with Gasteiger partial charge in [-0.15, -0.1) is 0 Å². The number of furan rings is 1. The van der Waals surface area contributed by atoms with Crippen LogP contribution in [0.5, 0.6) is 0 Å². The number of aliphatic hydroxyl groups excluding tert-OH is 1. The number of aromatic nitrogens is 2. The SMILES string of the molecule is CC(O)Cc1noc(-c2ccco2)n1. The molecule has 0 saturated heterocycles. The first-order chi connectivity index (χ1) is 6.75. The van der Waals surface area contributed by atoms with Crippen molar-refractivity contribution in [3.05, 3.63) is 24.2 Å². The Hall–Kier alpha value is -1.62. The molecule has 1 N–H and O–H groups in total. The Kier molecular flexibility index (Phi) is 2.32. The molecule has 0 aliphatic rings. The topological polar surface area (TPSA) is 72.3 Å². The van der Waals surface area contributed by atoms with Crippen LogP contribution in [0.25, 0.3) is 11.7 Å². The van der Waals surface area contributed by atoms with Crippen molar-refractivity contribution in [3.63, 3.8) is 0 Å². The van der Waals surface area contributed by atoms with Crippen molar-refractivity contribution < 1.29 is 14.0 Å². The highest BCUT2D eigenvalue weighted by Gasteiger charge is 2.11. The third-order valence-electron chi connectivity index (χ3n) is 1.68. The summed E-state index contributed by atoms with van der Waals surface area (Å²) < 4.78 is 10.0. The average Bonchev–Trinajstić information content (AvgIpc) is 2.69. The Morgan fingerprint density at radius 3 is 3.07 bits per heavy atom. The number of nitrogens with zero attached hydrogens (tertiary/aromatic N) is 2. The van der Waals surface area contributed by atoms with Crippen molar-refractivity contribution in [1.82, 2.24) is 10.1 Å². The predicted octanol–water partition coefficient (Wildman–Crippen LogP) is 1.25. The molecule has 1 unspecified atom stereocenters. The minimum Gasteiger partial charge on any atom is -0.459 e. The molecule has 5 nitrogen and oxygen atoms in total. The van der Waals surface area contributed by atoms with E-state index in [9.17, 15) is 0 Å². The molecule has 0 aliphatic heterocycles. The fourth-order valence-corrected chi connectivity index (χ4v) is 1.10. The Labute approximate surface area is 80.4 Å². The molecule has 0 bridgehead atoms. The van der Waals surface area contributed by atoms with Crippen LogP contribution in [0.15, 0.2) is 27.3 Å². The largest absolute Gasteiger partial charge is 0.459 e. The van der Waals surface area contributed by atoms with Gasteiger partial charge in [0.1, 0.15) is 0 Å². The molecular formula is C9H10N2O3. The lowest BCUT2D eigenvalue weighted by molar-refractivity contribution is 0.191. The van der Waals surface area contributed by atoms with E-state index in [0.29, 0.717) is 23.9 Å². The zero-order valence-corrected chi connectivity index (χ0v) is 7.67. The number of hydrogen-bond acceptors (Lipinski definition) is 5. The standard InChI is InChI=1S/C9H10N2O3/c1-6(12)5-8-10-9(14-11-8)7-3-2-4-13-7/h2-4,6,12H,5H2,1H3. The van der Waals surface area contributed by atoms with Crippen LogP contribution in [0.2, 0.25) is 0 Å². The van der Waals surface area contributed by atoms with Crippen molar-refractivity contribution in [2.45, 2.75) is 19.4 Å². The van der Waals surface area contributed by atoms with E-state index in [-0.39, 0.29) is 0 Å². The summed E-state index contributed by atoms with van der Waals surface area (Å²) in [5, 5.41) is 12.8. The molecule has 74 valence electrons. The summed E-state index contributed by atoms with van der Waals surface area (Å²) in [5.41, 5.74) is 0. The predicted molar refractivity (Wildman–Crippen MR) is 47.4 cm³/mol. The number of aliphatic hydroxyl groups is 1. The maximum atomic E-state index is 9.10. The second kappa shape index (κ2) is 3.63. The van der Waals surface area contributed by atoms with Crippen LogP contribution in [0.4, 0.5) is 0 Å². The van der Waals surface area contributed by atoms with Crippen LogP contribution in [0.1, 0.15) is 12.7 Å². The summed E-state index contributed by atoms with van der Waals surface area (Å²) in [5.74, 6) is 1.35. The molecule has 2 aromatic heterocycles. The van der Waals surface area contributed by atoms with E-state index in [0.717, 1.165) is 0 Å². The maximum Gasteiger partial charge on any atom is 0.293 e. The van der Waals surface area contributed by atoms with Gasteiger partial charge in [0.2, 0.25) is 0 Å². The second-order valence-electron chi connectivity index (χ2n) is 3.05. The third kappa shape index (κ3) is 1.82. The first kappa shape index (κ1) is 8.96. The summed E-state index contributed by atoms with van der Waals surface area (Å²) in [6, 6.07) is 3.48. The second-order valence-corrected chi connectivity index (χ2v) is 3.05. The van der Waals surface area contributed by atoms with Crippen molar-refractivity contribution >= 4 is 0 Å². The van der Waals surface area contributed by atoms with E-state index in [1.807, 2.05) is 0 Å². The van der Waals surface area contributed by atoms with E-state index in [1.165, 1.54) is 6.26 Å². The van der Waals surface area contributed by atoms with Crippen molar-refractivity contribution in [2.75, 3.05) is 0 Å². The normalized spacial score (nSPS) is 13.0. The van der Waals surface area contributed by atoms with Gasteiger partial charge in [-0.25, -0.2) is 0 Å². The zero-order valence-electron chi connectivity index (χ0n) is 7.67. The Balaban J connectivity index is 2.18. The van der Waals surface area contributed by atoms with Gasteiger partial charge >= 0.3 is 0 Å². The van der Waals surface area contributed by atoms with Gasteiger partial charge in [-0.3, -0.25) is 0 Å². The van der Waals surface area contributed by atoms with Crippen LogP contribution in [-0.4, -0.2) is 21.4 Å². The quantitative estimate of drug-likeness (QED) is 0.796. The van der Waals surface area contributed by atoms with Crippen LogP contribution >= 0.6 is 0 Å². The van der Waals surface area contributed by atoms with Gasteiger partial charge in [-0.05, 0) is 19.1 Å². The Bertz CT molecular complexity index is 392.